The number of rotatable bonds is 6. The first-order valence-electron chi connectivity index (χ1n) is 8.89. The molecule has 1 atom stereocenters. The van der Waals surface area contributed by atoms with Crippen molar-refractivity contribution in [3.8, 4) is 17.0 Å². The second-order valence-corrected chi connectivity index (χ2v) is 6.62. The molecule has 27 heavy (non-hydrogen) atoms. The third-order valence-corrected chi connectivity index (χ3v) is 4.47. The summed E-state index contributed by atoms with van der Waals surface area (Å²) >= 11 is 0. The molecule has 0 bridgehead atoms. The molecule has 136 valence electrons. The predicted octanol–water partition coefficient (Wildman–Crippen LogP) is 3.28. The predicted molar refractivity (Wildman–Crippen MR) is 105 cm³/mol. The Morgan fingerprint density at radius 3 is 2.81 bits per heavy atom. The molecule has 0 saturated heterocycles. The average Bonchev–Trinajstić information content (AvgIpc) is 3.08. The number of aromatic amines is 1. The minimum atomic E-state index is -0.0889. The molecule has 4 rings (SSSR count). The summed E-state index contributed by atoms with van der Waals surface area (Å²) in [4.78, 5) is 0. The van der Waals surface area contributed by atoms with Crippen LogP contribution in [0.4, 0.5) is 0 Å². The van der Waals surface area contributed by atoms with E-state index in [0.717, 1.165) is 34.3 Å². The van der Waals surface area contributed by atoms with E-state index < -0.39 is 0 Å². The van der Waals surface area contributed by atoms with E-state index in [-0.39, 0.29) is 6.04 Å². The molecule has 2 aromatic heterocycles. The molecule has 0 fully saturated rings. The SMILES string of the molecule is Cc1[nH]nc2ccc(-c3cc(OC[C@H](N)Cc4ccccc4)cnn3)cc12. The van der Waals surface area contributed by atoms with Gasteiger partial charge in [-0.05, 0) is 31.0 Å². The summed E-state index contributed by atoms with van der Waals surface area (Å²) in [7, 11) is 0. The molecule has 2 heterocycles. The number of ether oxygens (including phenoxy) is 1. The Hall–Kier alpha value is -3.25. The van der Waals surface area contributed by atoms with Gasteiger partial charge in [0.15, 0.2) is 0 Å². The number of nitrogens with two attached hydrogens (primary N) is 1. The van der Waals surface area contributed by atoms with Gasteiger partial charge in [-0.25, -0.2) is 0 Å². The molecule has 6 heteroatoms. The number of nitrogens with zero attached hydrogens (tertiary/aromatic N) is 3. The van der Waals surface area contributed by atoms with Gasteiger partial charge in [-0.2, -0.15) is 15.3 Å². The van der Waals surface area contributed by atoms with E-state index in [4.69, 9.17) is 10.5 Å². The highest BCUT2D eigenvalue weighted by Crippen LogP contribution is 2.25. The van der Waals surface area contributed by atoms with Crippen LogP contribution in [-0.2, 0) is 6.42 Å². The number of aromatic nitrogens is 4. The van der Waals surface area contributed by atoms with Gasteiger partial charge in [0.25, 0.3) is 0 Å². The maximum absolute atomic E-state index is 6.20. The summed E-state index contributed by atoms with van der Waals surface area (Å²) in [5, 5.41) is 16.6. The molecule has 4 aromatic rings. The monoisotopic (exact) mass is 359 g/mol. The van der Waals surface area contributed by atoms with Gasteiger partial charge in [0.05, 0.1) is 17.4 Å². The smallest absolute Gasteiger partial charge is 0.141 e. The van der Waals surface area contributed by atoms with Crippen LogP contribution >= 0.6 is 0 Å². The van der Waals surface area contributed by atoms with Crippen molar-refractivity contribution >= 4 is 10.9 Å². The lowest BCUT2D eigenvalue weighted by molar-refractivity contribution is 0.286. The van der Waals surface area contributed by atoms with Gasteiger partial charge in [-0.3, -0.25) is 5.10 Å². The third kappa shape index (κ3) is 3.96. The minimum absolute atomic E-state index is 0.0889. The van der Waals surface area contributed by atoms with Crippen molar-refractivity contribution < 1.29 is 4.74 Å². The Balaban J connectivity index is 1.46. The number of hydrogen-bond acceptors (Lipinski definition) is 5. The zero-order valence-electron chi connectivity index (χ0n) is 15.1. The molecule has 0 spiro atoms. The number of H-pyrrole nitrogens is 1. The fourth-order valence-electron chi connectivity index (χ4n) is 3.05. The maximum atomic E-state index is 6.20. The fraction of sp³-hybridized carbons (Fsp3) is 0.190. The van der Waals surface area contributed by atoms with E-state index in [2.05, 4.69) is 38.6 Å². The maximum Gasteiger partial charge on any atom is 0.141 e. The normalized spacial score (nSPS) is 12.2. The quantitative estimate of drug-likeness (QED) is 0.551. The van der Waals surface area contributed by atoms with Crippen molar-refractivity contribution in [1.29, 1.82) is 0 Å². The van der Waals surface area contributed by atoms with Crippen LogP contribution in [0.2, 0.25) is 0 Å². The first-order chi connectivity index (χ1) is 13.2. The van der Waals surface area contributed by atoms with Crippen LogP contribution in [0.15, 0.2) is 60.8 Å². The third-order valence-electron chi connectivity index (χ3n) is 4.47. The van der Waals surface area contributed by atoms with E-state index in [1.807, 2.05) is 43.3 Å². The van der Waals surface area contributed by atoms with Crippen LogP contribution in [0, 0.1) is 6.92 Å². The summed E-state index contributed by atoms with van der Waals surface area (Å²) in [5.41, 5.74) is 11.1. The van der Waals surface area contributed by atoms with Crippen molar-refractivity contribution in [1.82, 2.24) is 20.4 Å². The Morgan fingerprint density at radius 1 is 1.11 bits per heavy atom. The Kier molecular flexibility index (Phi) is 4.80. The highest BCUT2D eigenvalue weighted by molar-refractivity contribution is 5.85. The molecule has 6 nitrogen and oxygen atoms in total. The summed E-state index contributed by atoms with van der Waals surface area (Å²) in [6.07, 6.45) is 2.38. The molecule has 0 aliphatic rings. The standard InChI is InChI=1S/C21H21N5O/c1-14-19-10-16(7-8-20(19)26-24-14)21-11-18(12-23-25-21)27-13-17(22)9-15-5-3-2-4-6-15/h2-8,10-12,17H,9,13,22H2,1H3,(H,24,26)/t17-/m1/s1. The van der Waals surface area contributed by atoms with Crippen LogP contribution < -0.4 is 10.5 Å². The van der Waals surface area contributed by atoms with Crippen molar-refractivity contribution in [2.75, 3.05) is 6.61 Å². The highest BCUT2D eigenvalue weighted by atomic mass is 16.5. The topological polar surface area (TPSA) is 89.7 Å². The summed E-state index contributed by atoms with van der Waals surface area (Å²) in [5.74, 6) is 0.660. The van der Waals surface area contributed by atoms with Crippen LogP contribution in [0.3, 0.4) is 0 Å². The molecular weight excluding hydrogens is 338 g/mol. The number of aryl methyl sites for hydroxylation is 1. The van der Waals surface area contributed by atoms with Crippen LogP contribution in [0.1, 0.15) is 11.3 Å². The molecule has 0 aliphatic heterocycles. The van der Waals surface area contributed by atoms with Gasteiger partial charge in [-0.15, -0.1) is 0 Å². The van der Waals surface area contributed by atoms with Gasteiger partial charge in [0.2, 0.25) is 0 Å². The van der Waals surface area contributed by atoms with Gasteiger partial charge in [0, 0.05) is 28.8 Å². The lowest BCUT2D eigenvalue weighted by atomic mass is 10.1. The number of benzene rings is 2. The molecule has 3 N–H and O–H groups in total. The second kappa shape index (κ2) is 7.55. The molecule has 0 radical (unpaired) electrons. The van der Waals surface area contributed by atoms with Crippen molar-refractivity contribution in [3.05, 3.63) is 72.1 Å². The van der Waals surface area contributed by atoms with E-state index in [1.165, 1.54) is 5.56 Å². The Bertz CT molecular complexity index is 1040. The Labute approximate surface area is 157 Å². The van der Waals surface area contributed by atoms with Gasteiger partial charge in [0.1, 0.15) is 12.4 Å². The summed E-state index contributed by atoms with van der Waals surface area (Å²) in [6.45, 7) is 2.42. The van der Waals surface area contributed by atoms with Gasteiger partial charge < -0.3 is 10.5 Å². The van der Waals surface area contributed by atoms with E-state index in [0.29, 0.717) is 12.4 Å². The number of fused-ring (bicyclic) bond motifs is 1. The highest BCUT2D eigenvalue weighted by Gasteiger charge is 2.09. The molecule has 0 unspecified atom stereocenters. The number of hydrogen-bond donors (Lipinski definition) is 2. The molecule has 0 aliphatic carbocycles. The molecule has 0 saturated carbocycles. The van der Waals surface area contributed by atoms with Crippen LogP contribution in [0.5, 0.6) is 5.75 Å². The van der Waals surface area contributed by atoms with E-state index >= 15 is 0 Å². The average molecular weight is 359 g/mol. The lowest BCUT2D eigenvalue weighted by Gasteiger charge is -2.13. The van der Waals surface area contributed by atoms with Crippen molar-refractivity contribution in [2.24, 2.45) is 5.73 Å². The van der Waals surface area contributed by atoms with Crippen LogP contribution in [-0.4, -0.2) is 33.0 Å². The van der Waals surface area contributed by atoms with E-state index in [9.17, 15) is 0 Å². The first-order valence-corrected chi connectivity index (χ1v) is 8.89. The van der Waals surface area contributed by atoms with Gasteiger partial charge in [-0.1, -0.05) is 36.4 Å². The molecular formula is C21H21N5O. The molecule has 0 amide bonds. The zero-order valence-corrected chi connectivity index (χ0v) is 15.1. The Morgan fingerprint density at radius 2 is 1.96 bits per heavy atom. The minimum Gasteiger partial charge on any atom is -0.490 e. The van der Waals surface area contributed by atoms with Gasteiger partial charge >= 0.3 is 0 Å². The van der Waals surface area contributed by atoms with Crippen LogP contribution in [0.25, 0.3) is 22.2 Å². The second-order valence-electron chi connectivity index (χ2n) is 6.62. The number of nitrogens with one attached hydrogen (secondary N) is 1. The van der Waals surface area contributed by atoms with Crippen molar-refractivity contribution in [2.45, 2.75) is 19.4 Å². The lowest BCUT2D eigenvalue weighted by Crippen LogP contribution is -2.30. The molecule has 2 aromatic carbocycles. The van der Waals surface area contributed by atoms with Crippen molar-refractivity contribution in [3.63, 3.8) is 0 Å². The first kappa shape index (κ1) is 17.2. The zero-order chi connectivity index (χ0) is 18.6. The summed E-state index contributed by atoms with van der Waals surface area (Å²) in [6, 6.07) is 18.0. The largest absolute Gasteiger partial charge is 0.490 e. The summed E-state index contributed by atoms with van der Waals surface area (Å²) < 4.78 is 5.85. The fourth-order valence-corrected chi connectivity index (χ4v) is 3.05. The van der Waals surface area contributed by atoms with E-state index in [1.54, 1.807) is 6.20 Å².